The molecular weight excluding hydrogens is 260 g/mol. The molecule has 4 rings (SSSR count). The van der Waals surface area contributed by atoms with E-state index in [1.807, 2.05) is 0 Å². The predicted octanol–water partition coefficient (Wildman–Crippen LogP) is 3.08. The van der Waals surface area contributed by atoms with Crippen LogP contribution in [0, 0.1) is 28.1 Å². The Morgan fingerprint density at radius 2 is 1.81 bits per heavy atom. The molecule has 0 aromatic carbocycles. The zero-order valence-electron chi connectivity index (χ0n) is 14.0. The van der Waals surface area contributed by atoms with Gasteiger partial charge in [0, 0.05) is 13.0 Å². The van der Waals surface area contributed by atoms with Crippen molar-refractivity contribution in [2.45, 2.75) is 65.7 Å². The van der Waals surface area contributed by atoms with Crippen LogP contribution < -0.4 is 11.1 Å². The number of rotatable bonds is 5. The van der Waals surface area contributed by atoms with Crippen LogP contribution >= 0.6 is 0 Å². The van der Waals surface area contributed by atoms with Crippen LogP contribution in [0.1, 0.15) is 65.7 Å². The summed E-state index contributed by atoms with van der Waals surface area (Å²) < 4.78 is 0. The first-order valence-corrected chi connectivity index (χ1v) is 8.72. The van der Waals surface area contributed by atoms with Crippen LogP contribution in [0.15, 0.2) is 0 Å². The third-order valence-electron chi connectivity index (χ3n) is 6.33. The van der Waals surface area contributed by atoms with Crippen LogP contribution in [-0.4, -0.2) is 19.0 Å². The van der Waals surface area contributed by atoms with E-state index in [0.717, 1.165) is 18.9 Å². The monoisotopic (exact) mass is 292 g/mol. The highest BCUT2D eigenvalue weighted by Gasteiger charge is 2.60. The van der Waals surface area contributed by atoms with Gasteiger partial charge in [0.2, 0.25) is 5.91 Å². The van der Waals surface area contributed by atoms with Crippen LogP contribution in [-0.2, 0) is 4.79 Å². The van der Waals surface area contributed by atoms with E-state index in [1.165, 1.54) is 38.5 Å². The van der Waals surface area contributed by atoms with Gasteiger partial charge in [-0.25, -0.2) is 0 Å². The number of nitrogens with one attached hydrogen (secondary N) is 1. The molecule has 1 amide bonds. The Morgan fingerprint density at radius 3 is 2.33 bits per heavy atom. The molecule has 0 radical (unpaired) electrons. The molecule has 21 heavy (non-hydrogen) atoms. The second-order valence-electron chi connectivity index (χ2n) is 9.45. The van der Waals surface area contributed by atoms with Crippen molar-refractivity contribution < 1.29 is 4.79 Å². The first-order valence-electron chi connectivity index (χ1n) is 8.72. The SMILES string of the molecule is CC(CN)CNC(=O)CC12CC3CC(C)(CC(C)(C3)C1)C2. The molecule has 3 N–H and O–H groups in total. The topological polar surface area (TPSA) is 55.1 Å². The van der Waals surface area contributed by atoms with Gasteiger partial charge in [-0.15, -0.1) is 0 Å². The minimum atomic E-state index is 0.254. The number of carbonyl (C=O) groups excluding carboxylic acids is 1. The Morgan fingerprint density at radius 1 is 1.19 bits per heavy atom. The molecule has 0 spiro atoms. The van der Waals surface area contributed by atoms with Crippen molar-refractivity contribution in [3.8, 4) is 0 Å². The number of carbonyl (C=O) groups is 1. The molecule has 3 nitrogen and oxygen atoms in total. The van der Waals surface area contributed by atoms with Gasteiger partial charge < -0.3 is 11.1 Å². The normalized spacial score (nSPS) is 45.6. The predicted molar refractivity (Wildman–Crippen MR) is 85.7 cm³/mol. The molecule has 3 heteroatoms. The third kappa shape index (κ3) is 2.99. The van der Waals surface area contributed by atoms with E-state index in [4.69, 9.17) is 5.73 Å². The molecule has 4 saturated carbocycles. The first-order chi connectivity index (χ1) is 9.76. The average Bonchev–Trinajstić information content (AvgIpc) is 2.30. The molecule has 0 aliphatic heterocycles. The lowest BCUT2D eigenvalue weighted by atomic mass is 9.40. The Kier molecular flexibility index (Phi) is 3.63. The third-order valence-corrected chi connectivity index (χ3v) is 6.33. The fraction of sp³-hybridized carbons (Fsp3) is 0.944. The van der Waals surface area contributed by atoms with Gasteiger partial charge in [-0.1, -0.05) is 20.8 Å². The lowest BCUT2D eigenvalue weighted by molar-refractivity contribution is -0.156. The van der Waals surface area contributed by atoms with Crippen molar-refractivity contribution in [3.63, 3.8) is 0 Å². The molecule has 3 atom stereocenters. The standard InChI is InChI=1S/C18H32N2O/c1-13(8-19)9-20-15(21)7-18-6-14-4-16(2,11-18)10-17(3,5-14)12-18/h13-14H,4-12,19H2,1-3H3,(H,20,21). The molecular formula is C18H32N2O. The van der Waals surface area contributed by atoms with Crippen LogP contribution in [0.3, 0.4) is 0 Å². The molecule has 4 bridgehead atoms. The number of amides is 1. The van der Waals surface area contributed by atoms with Gasteiger partial charge in [0.05, 0.1) is 0 Å². The minimum absolute atomic E-state index is 0.254. The van der Waals surface area contributed by atoms with Crippen LogP contribution in [0.5, 0.6) is 0 Å². The second kappa shape index (κ2) is 4.97. The van der Waals surface area contributed by atoms with Crippen molar-refractivity contribution in [1.29, 1.82) is 0 Å². The Bertz CT molecular complexity index is 415. The zero-order valence-corrected chi connectivity index (χ0v) is 14.0. The number of hydrogen-bond donors (Lipinski definition) is 2. The van der Waals surface area contributed by atoms with E-state index in [-0.39, 0.29) is 5.91 Å². The fourth-order valence-electron chi connectivity index (χ4n) is 6.66. The number of nitrogens with two attached hydrogens (primary N) is 1. The van der Waals surface area contributed by atoms with Gasteiger partial charge in [0.25, 0.3) is 0 Å². The summed E-state index contributed by atoms with van der Waals surface area (Å²) in [7, 11) is 0. The number of hydrogen-bond acceptors (Lipinski definition) is 2. The lowest BCUT2D eigenvalue weighted by Crippen LogP contribution is -2.56. The molecule has 4 fully saturated rings. The van der Waals surface area contributed by atoms with Gasteiger partial charge in [-0.2, -0.15) is 0 Å². The van der Waals surface area contributed by atoms with E-state index in [2.05, 4.69) is 26.1 Å². The van der Waals surface area contributed by atoms with Crippen LogP contribution in [0.4, 0.5) is 0 Å². The van der Waals surface area contributed by atoms with E-state index < -0.39 is 0 Å². The highest BCUT2D eigenvalue weighted by Crippen LogP contribution is 2.70. The smallest absolute Gasteiger partial charge is 0.220 e. The summed E-state index contributed by atoms with van der Waals surface area (Å²) in [6.07, 6.45) is 8.75. The molecule has 0 saturated heterocycles. The van der Waals surface area contributed by atoms with Crippen molar-refractivity contribution >= 4 is 5.91 Å². The molecule has 120 valence electrons. The van der Waals surface area contributed by atoms with Gasteiger partial charge in [-0.3, -0.25) is 4.79 Å². The molecule has 0 aromatic rings. The quantitative estimate of drug-likeness (QED) is 0.818. The van der Waals surface area contributed by atoms with Gasteiger partial charge in [0.15, 0.2) is 0 Å². The Hall–Kier alpha value is -0.570. The van der Waals surface area contributed by atoms with Crippen molar-refractivity contribution in [2.75, 3.05) is 13.1 Å². The maximum Gasteiger partial charge on any atom is 0.220 e. The van der Waals surface area contributed by atoms with E-state index >= 15 is 0 Å². The first kappa shape index (κ1) is 15.3. The maximum atomic E-state index is 12.4. The van der Waals surface area contributed by atoms with Crippen molar-refractivity contribution in [2.24, 2.45) is 33.8 Å². The van der Waals surface area contributed by atoms with Gasteiger partial charge in [-0.05, 0) is 73.2 Å². The lowest BCUT2D eigenvalue weighted by Gasteiger charge is -2.65. The Labute approximate surface area is 129 Å². The molecule has 4 aliphatic rings. The maximum absolute atomic E-state index is 12.4. The summed E-state index contributed by atoms with van der Waals surface area (Å²) in [6, 6.07) is 0. The van der Waals surface area contributed by atoms with Gasteiger partial charge >= 0.3 is 0 Å². The van der Waals surface area contributed by atoms with E-state index in [1.54, 1.807) is 0 Å². The average molecular weight is 292 g/mol. The highest BCUT2D eigenvalue weighted by atomic mass is 16.1. The largest absolute Gasteiger partial charge is 0.356 e. The summed E-state index contributed by atoms with van der Waals surface area (Å²) in [6.45, 7) is 8.40. The van der Waals surface area contributed by atoms with E-state index in [9.17, 15) is 4.79 Å². The van der Waals surface area contributed by atoms with Crippen LogP contribution in [0.25, 0.3) is 0 Å². The molecule has 4 aliphatic carbocycles. The summed E-state index contributed by atoms with van der Waals surface area (Å²) in [5, 5.41) is 3.11. The molecule has 3 unspecified atom stereocenters. The zero-order chi connectivity index (χ0) is 15.3. The van der Waals surface area contributed by atoms with Gasteiger partial charge in [0.1, 0.15) is 0 Å². The van der Waals surface area contributed by atoms with Crippen LogP contribution in [0.2, 0.25) is 0 Å². The Balaban J connectivity index is 1.66. The van der Waals surface area contributed by atoms with E-state index in [0.29, 0.717) is 28.7 Å². The summed E-state index contributed by atoms with van der Waals surface area (Å²) >= 11 is 0. The second-order valence-corrected chi connectivity index (χ2v) is 9.45. The molecule has 0 heterocycles. The molecule has 0 aromatic heterocycles. The highest BCUT2D eigenvalue weighted by molar-refractivity contribution is 5.76. The minimum Gasteiger partial charge on any atom is -0.356 e. The van der Waals surface area contributed by atoms with Crippen molar-refractivity contribution in [3.05, 3.63) is 0 Å². The van der Waals surface area contributed by atoms with Crippen molar-refractivity contribution in [1.82, 2.24) is 5.32 Å². The summed E-state index contributed by atoms with van der Waals surface area (Å²) in [4.78, 5) is 12.4. The fourth-order valence-corrected chi connectivity index (χ4v) is 6.66. The summed E-state index contributed by atoms with van der Waals surface area (Å²) in [5.74, 6) is 1.50. The summed E-state index contributed by atoms with van der Waals surface area (Å²) in [5.41, 5.74) is 6.92.